The summed E-state index contributed by atoms with van der Waals surface area (Å²) in [5, 5.41) is 11.8. The van der Waals surface area contributed by atoms with Gasteiger partial charge < -0.3 is 15.3 Å². The van der Waals surface area contributed by atoms with Crippen molar-refractivity contribution in [2.24, 2.45) is 5.92 Å². The molecule has 6 nitrogen and oxygen atoms in total. The zero-order chi connectivity index (χ0) is 19.4. The highest BCUT2D eigenvalue weighted by Crippen LogP contribution is 2.20. The minimum Gasteiger partial charge on any atom is -0.477 e. The van der Waals surface area contributed by atoms with Crippen molar-refractivity contribution in [1.82, 2.24) is 10.2 Å². The largest absolute Gasteiger partial charge is 0.477 e. The van der Waals surface area contributed by atoms with Gasteiger partial charge in [0.15, 0.2) is 0 Å². The molecule has 1 atom stereocenters. The van der Waals surface area contributed by atoms with Crippen LogP contribution in [0.5, 0.6) is 0 Å². The highest BCUT2D eigenvalue weighted by atomic mass is 32.1. The number of halogens is 1. The second kappa shape index (κ2) is 8.30. The van der Waals surface area contributed by atoms with Crippen LogP contribution >= 0.6 is 11.3 Å². The Morgan fingerprint density at radius 3 is 2.59 bits per heavy atom. The van der Waals surface area contributed by atoms with Crippen molar-refractivity contribution >= 4 is 29.1 Å². The standard InChI is InChI=1S/C19H19FN2O4S/c20-14-5-3-12(4-6-14)18(24)22-9-1-2-13(11-22)17(23)21-10-15-7-8-16(27-15)19(25)26/h3-8,13H,1-2,9-11H2,(H,21,23)(H,25,26). The van der Waals surface area contributed by atoms with E-state index in [2.05, 4.69) is 5.32 Å². The monoisotopic (exact) mass is 390 g/mol. The van der Waals surface area contributed by atoms with E-state index in [1.54, 1.807) is 11.0 Å². The molecular weight excluding hydrogens is 371 g/mol. The summed E-state index contributed by atoms with van der Waals surface area (Å²) < 4.78 is 13.0. The zero-order valence-corrected chi connectivity index (χ0v) is 15.3. The summed E-state index contributed by atoms with van der Waals surface area (Å²) in [6, 6.07) is 8.57. The van der Waals surface area contributed by atoms with E-state index in [1.165, 1.54) is 30.3 Å². The highest BCUT2D eigenvalue weighted by molar-refractivity contribution is 7.13. The first-order valence-corrected chi connectivity index (χ1v) is 9.40. The van der Waals surface area contributed by atoms with Crippen LogP contribution in [0.4, 0.5) is 4.39 Å². The van der Waals surface area contributed by atoms with E-state index in [1.807, 2.05) is 0 Å². The van der Waals surface area contributed by atoms with Gasteiger partial charge in [0.05, 0.1) is 12.5 Å². The molecule has 0 radical (unpaired) electrons. The highest BCUT2D eigenvalue weighted by Gasteiger charge is 2.28. The van der Waals surface area contributed by atoms with Gasteiger partial charge in [0.2, 0.25) is 5.91 Å². The second-order valence-corrected chi connectivity index (χ2v) is 7.55. The third-order valence-corrected chi connectivity index (χ3v) is 5.55. The molecule has 1 unspecified atom stereocenters. The number of aromatic carboxylic acids is 1. The van der Waals surface area contributed by atoms with Crippen LogP contribution in [-0.2, 0) is 11.3 Å². The number of nitrogens with one attached hydrogen (secondary N) is 1. The number of carbonyl (C=O) groups excluding carboxylic acids is 2. The summed E-state index contributed by atoms with van der Waals surface area (Å²) in [5.41, 5.74) is 0.400. The third-order valence-electron chi connectivity index (χ3n) is 4.48. The van der Waals surface area contributed by atoms with Crippen LogP contribution in [0.3, 0.4) is 0 Å². The first kappa shape index (κ1) is 19.0. The number of carboxylic acid groups (broad SMARTS) is 1. The molecule has 2 N–H and O–H groups in total. The Morgan fingerprint density at radius 2 is 1.93 bits per heavy atom. The van der Waals surface area contributed by atoms with Gasteiger partial charge in [-0.15, -0.1) is 11.3 Å². The van der Waals surface area contributed by atoms with E-state index in [0.29, 0.717) is 31.5 Å². The van der Waals surface area contributed by atoms with Crippen molar-refractivity contribution in [3.05, 3.63) is 57.5 Å². The van der Waals surface area contributed by atoms with Crippen LogP contribution in [0.25, 0.3) is 0 Å². The van der Waals surface area contributed by atoms with Crippen LogP contribution in [-0.4, -0.2) is 40.9 Å². The molecule has 2 heterocycles. The van der Waals surface area contributed by atoms with Gasteiger partial charge in [0, 0.05) is 23.5 Å². The Hall–Kier alpha value is -2.74. The average molecular weight is 390 g/mol. The molecule has 1 aromatic carbocycles. The van der Waals surface area contributed by atoms with Crippen LogP contribution in [0.15, 0.2) is 36.4 Å². The van der Waals surface area contributed by atoms with Gasteiger partial charge in [-0.3, -0.25) is 9.59 Å². The molecule has 2 amide bonds. The molecule has 27 heavy (non-hydrogen) atoms. The number of nitrogens with zero attached hydrogens (tertiary/aromatic N) is 1. The molecule has 1 aromatic heterocycles. The van der Waals surface area contributed by atoms with E-state index >= 15 is 0 Å². The zero-order valence-electron chi connectivity index (χ0n) is 14.5. The van der Waals surface area contributed by atoms with E-state index in [9.17, 15) is 18.8 Å². The van der Waals surface area contributed by atoms with Crippen LogP contribution in [0.2, 0.25) is 0 Å². The average Bonchev–Trinajstić information content (AvgIpc) is 3.16. The van der Waals surface area contributed by atoms with Crippen molar-refractivity contribution in [2.75, 3.05) is 13.1 Å². The number of rotatable bonds is 5. The molecule has 1 aliphatic heterocycles. The minimum absolute atomic E-state index is 0.156. The molecule has 0 bridgehead atoms. The summed E-state index contributed by atoms with van der Waals surface area (Å²) in [7, 11) is 0. The number of thiophene rings is 1. The van der Waals surface area contributed by atoms with E-state index in [-0.39, 0.29) is 29.2 Å². The maximum atomic E-state index is 13.0. The predicted octanol–water partition coefficient (Wildman–Crippen LogP) is 2.75. The number of carbonyl (C=O) groups is 3. The molecule has 1 aliphatic rings. The molecular formula is C19H19FN2O4S. The maximum Gasteiger partial charge on any atom is 0.345 e. The molecule has 0 aliphatic carbocycles. The molecule has 0 saturated carbocycles. The number of likely N-dealkylation sites (tertiary alicyclic amines) is 1. The summed E-state index contributed by atoms with van der Waals surface area (Å²) >= 11 is 1.12. The molecule has 2 aromatic rings. The topological polar surface area (TPSA) is 86.7 Å². The van der Waals surface area contributed by atoms with Gasteiger partial charge in [0.1, 0.15) is 10.7 Å². The smallest absolute Gasteiger partial charge is 0.345 e. The van der Waals surface area contributed by atoms with Crippen molar-refractivity contribution in [1.29, 1.82) is 0 Å². The first-order valence-electron chi connectivity index (χ1n) is 8.58. The predicted molar refractivity (Wildman–Crippen MR) is 98.2 cm³/mol. The van der Waals surface area contributed by atoms with Gasteiger partial charge in [-0.1, -0.05) is 0 Å². The lowest BCUT2D eigenvalue weighted by Crippen LogP contribution is -2.45. The van der Waals surface area contributed by atoms with Crippen LogP contribution in [0, 0.1) is 11.7 Å². The molecule has 8 heteroatoms. The number of hydrogen-bond acceptors (Lipinski definition) is 4. The minimum atomic E-state index is -0.986. The van der Waals surface area contributed by atoms with E-state index in [0.717, 1.165) is 16.2 Å². The van der Waals surface area contributed by atoms with Crippen LogP contribution in [0.1, 0.15) is 37.7 Å². The Morgan fingerprint density at radius 1 is 1.19 bits per heavy atom. The first-order chi connectivity index (χ1) is 12.9. The SMILES string of the molecule is O=C(O)c1ccc(CNC(=O)C2CCCN(C(=O)c3ccc(F)cc3)C2)s1. The lowest BCUT2D eigenvalue weighted by Gasteiger charge is -2.32. The fourth-order valence-electron chi connectivity index (χ4n) is 3.06. The van der Waals surface area contributed by atoms with Gasteiger partial charge in [-0.05, 0) is 49.2 Å². The quantitative estimate of drug-likeness (QED) is 0.822. The van der Waals surface area contributed by atoms with Gasteiger partial charge in [-0.25, -0.2) is 9.18 Å². The van der Waals surface area contributed by atoms with Gasteiger partial charge in [-0.2, -0.15) is 0 Å². The number of benzene rings is 1. The van der Waals surface area contributed by atoms with E-state index in [4.69, 9.17) is 5.11 Å². The third kappa shape index (κ3) is 4.71. The van der Waals surface area contributed by atoms with Crippen LogP contribution < -0.4 is 5.32 Å². The van der Waals surface area contributed by atoms with Gasteiger partial charge >= 0.3 is 5.97 Å². The molecule has 3 rings (SSSR count). The molecule has 1 fully saturated rings. The summed E-state index contributed by atoms with van der Waals surface area (Å²) in [5.74, 6) is -2.07. The summed E-state index contributed by atoms with van der Waals surface area (Å²) in [6.07, 6.45) is 1.40. The number of hydrogen-bond donors (Lipinski definition) is 2. The van der Waals surface area contributed by atoms with Crippen molar-refractivity contribution in [3.63, 3.8) is 0 Å². The van der Waals surface area contributed by atoms with Crippen molar-refractivity contribution < 1.29 is 23.9 Å². The van der Waals surface area contributed by atoms with Crippen molar-refractivity contribution in [2.45, 2.75) is 19.4 Å². The number of carboxylic acids is 1. The lowest BCUT2D eigenvalue weighted by atomic mass is 9.96. The number of amides is 2. The fourth-order valence-corrected chi connectivity index (χ4v) is 3.84. The van der Waals surface area contributed by atoms with E-state index < -0.39 is 11.8 Å². The Labute approximate surface area is 159 Å². The molecule has 142 valence electrons. The molecule has 1 saturated heterocycles. The lowest BCUT2D eigenvalue weighted by molar-refractivity contribution is -0.126. The summed E-state index contributed by atoms with van der Waals surface area (Å²) in [4.78, 5) is 38.5. The van der Waals surface area contributed by atoms with Gasteiger partial charge in [0.25, 0.3) is 5.91 Å². The molecule has 0 spiro atoms. The normalized spacial score (nSPS) is 16.8. The Balaban J connectivity index is 1.56. The second-order valence-electron chi connectivity index (χ2n) is 6.39. The van der Waals surface area contributed by atoms with Crippen molar-refractivity contribution in [3.8, 4) is 0 Å². The number of piperidine rings is 1. The maximum absolute atomic E-state index is 13.0. The Bertz CT molecular complexity index is 850. The fraction of sp³-hybridized carbons (Fsp3) is 0.316. The summed E-state index contributed by atoms with van der Waals surface area (Å²) in [6.45, 7) is 1.14. The Kier molecular flexibility index (Phi) is 5.85.